The van der Waals surface area contributed by atoms with E-state index in [4.69, 9.17) is 9.47 Å². The summed E-state index contributed by atoms with van der Waals surface area (Å²) in [6.45, 7) is 6.37. The van der Waals surface area contributed by atoms with Gasteiger partial charge in [-0.15, -0.1) is 0 Å². The first-order valence-corrected chi connectivity index (χ1v) is 7.00. The summed E-state index contributed by atoms with van der Waals surface area (Å²) < 4.78 is 9.98. The van der Waals surface area contributed by atoms with Crippen molar-refractivity contribution in [3.8, 4) is 0 Å². The van der Waals surface area contributed by atoms with Crippen LogP contribution in [0.15, 0.2) is 30.3 Å². The van der Waals surface area contributed by atoms with Crippen LogP contribution in [0.4, 0.5) is 4.79 Å². The first-order chi connectivity index (χ1) is 10.2. The zero-order valence-corrected chi connectivity index (χ0v) is 13.3. The van der Waals surface area contributed by atoms with Crippen molar-refractivity contribution in [1.82, 2.24) is 4.90 Å². The Hall–Kier alpha value is -2.37. The molecular formula is C16H21NO5. The van der Waals surface area contributed by atoms with Gasteiger partial charge in [0.1, 0.15) is 12.1 Å². The molecule has 1 aromatic carbocycles. The van der Waals surface area contributed by atoms with Gasteiger partial charge in [0.2, 0.25) is 0 Å². The molecule has 1 aromatic rings. The van der Waals surface area contributed by atoms with E-state index in [9.17, 15) is 14.4 Å². The summed E-state index contributed by atoms with van der Waals surface area (Å²) in [7, 11) is 0. The van der Waals surface area contributed by atoms with Crippen LogP contribution in [-0.2, 0) is 14.3 Å². The molecule has 0 saturated carbocycles. The van der Waals surface area contributed by atoms with Crippen molar-refractivity contribution in [2.75, 3.05) is 13.2 Å². The normalized spacial score (nSPS) is 10.7. The smallest absolute Gasteiger partial charge is 0.417 e. The van der Waals surface area contributed by atoms with E-state index in [0.29, 0.717) is 0 Å². The lowest BCUT2D eigenvalue weighted by molar-refractivity contribution is -0.143. The number of imide groups is 1. The highest BCUT2D eigenvalue weighted by Gasteiger charge is 2.30. The third-order valence-corrected chi connectivity index (χ3v) is 2.47. The van der Waals surface area contributed by atoms with Crippen molar-refractivity contribution in [1.29, 1.82) is 0 Å². The Morgan fingerprint density at radius 3 is 2.18 bits per heavy atom. The van der Waals surface area contributed by atoms with Gasteiger partial charge in [0.15, 0.2) is 0 Å². The fourth-order valence-electron chi connectivity index (χ4n) is 1.61. The van der Waals surface area contributed by atoms with E-state index in [2.05, 4.69) is 0 Å². The first kappa shape index (κ1) is 17.7. The number of esters is 1. The number of hydrogen-bond donors (Lipinski definition) is 0. The molecule has 120 valence electrons. The van der Waals surface area contributed by atoms with Crippen LogP contribution < -0.4 is 0 Å². The molecule has 2 amide bonds. The topological polar surface area (TPSA) is 72.9 Å². The maximum atomic E-state index is 12.4. The molecule has 22 heavy (non-hydrogen) atoms. The lowest BCUT2D eigenvalue weighted by atomic mass is 10.2. The SMILES string of the molecule is CCOC(=O)CN(C(=O)OC(C)(C)C)C(=O)c1ccccc1. The summed E-state index contributed by atoms with van der Waals surface area (Å²) in [5, 5.41) is 0. The number of carbonyl (C=O) groups is 3. The Morgan fingerprint density at radius 2 is 1.68 bits per heavy atom. The van der Waals surface area contributed by atoms with Crippen LogP contribution in [0.5, 0.6) is 0 Å². The number of rotatable bonds is 4. The van der Waals surface area contributed by atoms with Gasteiger partial charge in [-0.2, -0.15) is 0 Å². The number of carbonyl (C=O) groups excluding carboxylic acids is 3. The average Bonchev–Trinajstić information content (AvgIpc) is 2.43. The third-order valence-electron chi connectivity index (χ3n) is 2.47. The summed E-state index contributed by atoms with van der Waals surface area (Å²) >= 11 is 0. The van der Waals surface area contributed by atoms with Crippen molar-refractivity contribution in [3.63, 3.8) is 0 Å². The number of benzene rings is 1. The van der Waals surface area contributed by atoms with Crippen molar-refractivity contribution >= 4 is 18.0 Å². The van der Waals surface area contributed by atoms with Gasteiger partial charge in [0, 0.05) is 5.56 Å². The Bertz CT molecular complexity index is 533. The van der Waals surface area contributed by atoms with Gasteiger partial charge in [0.05, 0.1) is 6.61 Å². The molecule has 0 unspecified atom stereocenters. The number of nitrogens with zero attached hydrogens (tertiary/aromatic N) is 1. The van der Waals surface area contributed by atoms with E-state index in [-0.39, 0.29) is 12.2 Å². The van der Waals surface area contributed by atoms with Gasteiger partial charge in [-0.25, -0.2) is 9.69 Å². The lowest BCUT2D eigenvalue weighted by Crippen LogP contribution is -2.44. The van der Waals surface area contributed by atoms with Crippen LogP contribution in [0.3, 0.4) is 0 Å². The van der Waals surface area contributed by atoms with Crippen molar-refractivity contribution in [2.24, 2.45) is 0 Å². The maximum absolute atomic E-state index is 12.4. The fraction of sp³-hybridized carbons (Fsp3) is 0.438. The van der Waals surface area contributed by atoms with Crippen LogP contribution in [0.25, 0.3) is 0 Å². The van der Waals surface area contributed by atoms with E-state index in [1.807, 2.05) is 0 Å². The first-order valence-electron chi connectivity index (χ1n) is 7.00. The largest absolute Gasteiger partial charge is 0.465 e. The van der Waals surface area contributed by atoms with Crippen molar-refractivity contribution in [2.45, 2.75) is 33.3 Å². The van der Waals surface area contributed by atoms with Gasteiger partial charge in [-0.1, -0.05) is 18.2 Å². The average molecular weight is 307 g/mol. The maximum Gasteiger partial charge on any atom is 0.417 e. The molecule has 0 heterocycles. The molecule has 0 aliphatic heterocycles. The zero-order valence-electron chi connectivity index (χ0n) is 13.3. The molecule has 0 radical (unpaired) electrons. The highest BCUT2D eigenvalue weighted by Crippen LogP contribution is 2.13. The monoisotopic (exact) mass is 307 g/mol. The van der Waals surface area contributed by atoms with Crippen LogP contribution in [0.1, 0.15) is 38.1 Å². The second kappa shape index (κ2) is 7.59. The number of ether oxygens (including phenoxy) is 2. The van der Waals surface area contributed by atoms with Gasteiger partial charge >= 0.3 is 12.1 Å². The van der Waals surface area contributed by atoms with Crippen molar-refractivity contribution in [3.05, 3.63) is 35.9 Å². The van der Waals surface area contributed by atoms with Crippen LogP contribution in [-0.4, -0.2) is 41.6 Å². The van der Waals surface area contributed by atoms with Crippen LogP contribution >= 0.6 is 0 Å². The standard InChI is InChI=1S/C16H21NO5/c1-5-21-13(18)11-17(15(20)22-16(2,3)4)14(19)12-9-7-6-8-10-12/h6-10H,5,11H2,1-4H3. The molecule has 6 heteroatoms. The van der Waals surface area contributed by atoms with Crippen LogP contribution in [0.2, 0.25) is 0 Å². The lowest BCUT2D eigenvalue weighted by Gasteiger charge is -2.25. The second-order valence-corrected chi connectivity index (χ2v) is 5.54. The molecular weight excluding hydrogens is 286 g/mol. The Kier molecular flexibility index (Phi) is 6.10. The molecule has 0 aliphatic rings. The summed E-state index contributed by atoms with van der Waals surface area (Å²) in [6, 6.07) is 8.21. The van der Waals surface area contributed by atoms with E-state index >= 15 is 0 Å². The van der Waals surface area contributed by atoms with Crippen molar-refractivity contribution < 1.29 is 23.9 Å². The Labute approximate surface area is 130 Å². The highest BCUT2D eigenvalue weighted by atomic mass is 16.6. The van der Waals surface area contributed by atoms with Gasteiger partial charge in [-0.3, -0.25) is 9.59 Å². The minimum Gasteiger partial charge on any atom is -0.465 e. The molecule has 0 fully saturated rings. The molecule has 0 spiro atoms. The second-order valence-electron chi connectivity index (χ2n) is 5.54. The number of amides is 2. The Morgan fingerprint density at radius 1 is 1.09 bits per heavy atom. The highest BCUT2D eigenvalue weighted by molar-refractivity contribution is 6.04. The predicted octanol–water partition coefficient (Wildman–Crippen LogP) is 2.63. The summed E-state index contributed by atoms with van der Waals surface area (Å²) in [4.78, 5) is 37.0. The minimum absolute atomic E-state index is 0.167. The van der Waals surface area contributed by atoms with Crippen LogP contribution in [0, 0.1) is 0 Å². The fourth-order valence-corrected chi connectivity index (χ4v) is 1.61. The minimum atomic E-state index is -0.880. The van der Waals surface area contributed by atoms with E-state index < -0.39 is 30.1 Å². The predicted molar refractivity (Wildman–Crippen MR) is 80.3 cm³/mol. The molecule has 0 aromatic heterocycles. The summed E-state index contributed by atoms with van der Waals surface area (Å²) in [6.07, 6.45) is -0.880. The third kappa shape index (κ3) is 5.55. The van der Waals surface area contributed by atoms with E-state index in [1.54, 1.807) is 58.0 Å². The molecule has 0 N–H and O–H groups in total. The molecule has 0 aliphatic carbocycles. The summed E-state index contributed by atoms with van der Waals surface area (Å²) in [5.41, 5.74) is -0.487. The molecule has 6 nitrogen and oxygen atoms in total. The molecule has 0 saturated heterocycles. The van der Waals surface area contributed by atoms with Gasteiger partial charge in [0.25, 0.3) is 5.91 Å². The summed E-state index contributed by atoms with van der Waals surface area (Å²) in [5.74, 6) is -1.28. The Balaban J connectivity index is 2.98. The zero-order chi connectivity index (χ0) is 16.8. The number of hydrogen-bond acceptors (Lipinski definition) is 5. The quantitative estimate of drug-likeness (QED) is 0.799. The van der Waals surface area contributed by atoms with E-state index in [1.165, 1.54) is 0 Å². The molecule has 1 rings (SSSR count). The van der Waals surface area contributed by atoms with Gasteiger partial charge < -0.3 is 9.47 Å². The van der Waals surface area contributed by atoms with E-state index in [0.717, 1.165) is 4.90 Å². The van der Waals surface area contributed by atoms with Gasteiger partial charge in [-0.05, 0) is 39.8 Å². The molecule has 0 atom stereocenters. The molecule has 0 bridgehead atoms.